The van der Waals surface area contributed by atoms with E-state index in [0.717, 1.165) is 17.7 Å². The maximum Gasteiger partial charge on any atom is 0.416 e. The first-order valence-corrected chi connectivity index (χ1v) is 8.20. The molecule has 2 aromatic carbocycles. The topological polar surface area (TPSA) is 64.4 Å². The average molecular weight is 366 g/mol. The highest BCUT2D eigenvalue weighted by molar-refractivity contribution is 5.81. The molecule has 140 valence electrons. The Balaban J connectivity index is 1.89. The minimum Gasteiger partial charge on any atom is -0.489 e. The summed E-state index contributed by atoms with van der Waals surface area (Å²) in [6.07, 6.45) is -3.81. The molecule has 0 aromatic heterocycles. The first kappa shape index (κ1) is 19.8. The summed E-state index contributed by atoms with van der Waals surface area (Å²) in [4.78, 5) is 11.6. The lowest BCUT2D eigenvalue weighted by Crippen LogP contribution is -2.39. The van der Waals surface area contributed by atoms with Gasteiger partial charge in [0.2, 0.25) is 5.91 Å². The number of hydrogen-bond acceptors (Lipinski definition) is 3. The van der Waals surface area contributed by atoms with Crippen LogP contribution in [0.2, 0.25) is 0 Å². The van der Waals surface area contributed by atoms with Crippen LogP contribution >= 0.6 is 0 Å². The average Bonchev–Trinajstić information content (AvgIpc) is 2.64. The van der Waals surface area contributed by atoms with Gasteiger partial charge in [0.1, 0.15) is 12.4 Å². The number of benzene rings is 2. The Hall–Kier alpha value is -2.54. The summed E-state index contributed by atoms with van der Waals surface area (Å²) in [6.45, 7) is 2.21. The molecule has 0 saturated carbocycles. The summed E-state index contributed by atoms with van der Waals surface area (Å²) < 4.78 is 43.6. The maximum absolute atomic E-state index is 12.7. The van der Waals surface area contributed by atoms with Gasteiger partial charge in [-0.05, 0) is 41.8 Å². The van der Waals surface area contributed by atoms with Crippen LogP contribution in [0.4, 0.5) is 13.2 Å². The molecule has 26 heavy (non-hydrogen) atoms. The molecule has 0 unspecified atom stereocenters. The van der Waals surface area contributed by atoms with Gasteiger partial charge < -0.3 is 15.8 Å². The van der Waals surface area contributed by atoms with Crippen molar-refractivity contribution in [2.75, 3.05) is 0 Å². The second-order valence-electron chi connectivity index (χ2n) is 5.86. The fraction of sp³-hybridized carbons (Fsp3) is 0.316. The normalized spacial score (nSPS) is 12.5. The van der Waals surface area contributed by atoms with Crippen LogP contribution in [-0.2, 0) is 24.1 Å². The van der Waals surface area contributed by atoms with Gasteiger partial charge in [0.15, 0.2) is 0 Å². The molecule has 3 N–H and O–H groups in total. The van der Waals surface area contributed by atoms with E-state index in [0.29, 0.717) is 24.3 Å². The predicted octanol–water partition coefficient (Wildman–Crippen LogP) is 3.64. The summed E-state index contributed by atoms with van der Waals surface area (Å²) in [5.41, 5.74) is 6.24. The first-order chi connectivity index (χ1) is 12.3. The van der Waals surface area contributed by atoms with Crippen LogP contribution < -0.4 is 15.8 Å². The van der Waals surface area contributed by atoms with Crippen molar-refractivity contribution in [1.29, 1.82) is 0 Å². The Kier molecular flexibility index (Phi) is 6.63. The van der Waals surface area contributed by atoms with Crippen LogP contribution in [-0.4, -0.2) is 11.9 Å². The highest BCUT2D eigenvalue weighted by Gasteiger charge is 2.30. The number of rotatable bonds is 7. The number of halogens is 3. The van der Waals surface area contributed by atoms with Gasteiger partial charge in [0.25, 0.3) is 0 Å². The Morgan fingerprint density at radius 3 is 2.46 bits per heavy atom. The molecule has 4 nitrogen and oxygen atoms in total. The quantitative estimate of drug-likeness (QED) is 0.786. The fourth-order valence-corrected chi connectivity index (χ4v) is 2.21. The Morgan fingerprint density at radius 1 is 1.15 bits per heavy atom. The van der Waals surface area contributed by atoms with E-state index in [1.807, 2.05) is 6.92 Å². The maximum atomic E-state index is 12.7. The zero-order chi connectivity index (χ0) is 19.2. The third-order valence-corrected chi connectivity index (χ3v) is 3.83. The number of amides is 1. The van der Waals surface area contributed by atoms with Crippen molar-refractivity contribution in [1.82, 2.24) is 5.32 Å². The monoisotopic (exact) mass is 366 g/mol. The number of carbonyl (C=O) groups is 1. The molecule has 0 radical (unpaired) electrons. The van der Waals surface area contributed by atoms with E-state index in [9.17, 15) is 18.0 Å². The zero-order valence-corrected chi connectivity index (χ0v) is 14.3. The summed E-state index contributed by atoms with van der Waals surface area (Å²) >= 11 is 0. The van der Waals surface area contributed by atoms with E-state index >= 15 is 0 Å². The molecular formula is C19H21F3N2O2. The largest absolute Gasteiger partial charge is 0.489 e. The number of ether oxygens (including phenoxy) is 1. The van der Waals surface area contributed by atoms with Crippen LogP contribution in [0.5, 0.6) is 5.75 Å². The third-order valence-electron chi connectivity index (χ3n) is 3.83. The summed E-state index contributed by atoms with van der Waals surface area (Å²) in [7, 11) is 0. The SMILES string of the molecule is CC[C@H](N)C(=O)NCc1ccc(OCc2cccc(C(F)(F)F)c2)cc1. The van der Waals surface area contributed by atoms with E-state index in [-0.39, 0.29) is 12.5 Å². The van der Waals surface area contributed by atoms with Gasteiger partial charge in [-0.3, -0.25) is 4.79 Å². The minimum atomic E-state index is -4.37. The molecule has 1 amide bonds. The van der Waals surface area contributed by atoms with Gasteiger partial charge in [-0.25, -0.2) is 0 Å². The minimum absolute atomic E-state index is 0.0331. The van der Waals surface area contributed by atoms with Gasteiger partial charge in [-0.1, -0.05) is 31.2 Å². The highest BCUT2D eigenvalue weighted by atomic mass is 19.4. The standard InChI is InChI=1S/C19H21F3N2O2/c1-2-17(23)18(25)24-11-13-6-8-16(9-7-13)26-12-14-4-3-5-15(10-14)19(20,21)22/h3-10,17H,2,11-12,23H2,1H3,(H,24,25)/t17-/m0/s1. The van der Waals surface area contributed by atoms with Crippen LogP contribution in [0.25, 0.3) is 0 Å². The van der Waals surface area contributed by atoms with E-state index in [4.69, 9.17) is 10.5 Å². The lowest BCUT2D eigenvalue weighted by atomic mass is 10.1. The summed E-state index contributed by atoms with van der Waals surface area (Å²) in [5, 5.41) is 2.74. The van der Waals surface area contributed by atoms with E-state index in [2.05, 4.69) is 5.32 Å². The summed E-state index contributed by atoms with van der Waals surface area (Å²) in [5.74, 6) is 0.320. The van der Waals surface area contributed by atoms with Crippen molar-refractivity contribution in [2.45, 2.75) is 38.7 Å². The van der Waals surface area contributed by atoms with E-state index in [1.54, 1.807) is 30.3 Å². The van der Waals surface area contributed by atoms with Crippen molar-refractivity contribution in [2.24, 2.45) is 5.73 Å². The highest BCUT2D eigenvalue weighted by Crippen LogP contribution is 2.29. The number of carbonyl (C=O) groups excluding carboxylic acids is 1. The molecule has 0 fully saturated rings. The van der Waals surface area contributed by atoms with Gasteiger partial charge in [-0.2, -0.15) is 13.2 Å². The molecule has 0 aliphatic carbocycles. The van der Waals surface area contributed by atoms with E-state index < -0.39 is 17.8 Å². The second-order valence-corrected chi connectivity index (χ2v) is 5.86. The fourth-order valence-electron chi connectivity index (χ4n) is 2.21. The number of alkyl halides is 3. The third kappa shape index (κ3) is 5.77. The van der Waals surface area contributed by atoms with Crippen LogP contribution in [0.1, 0.15) is 30.0 Å². The Bertz CT molecular complexity index is 730. The first-order valence-electron chi connectivity index (χ1n) is 8.20. The molecular weight excluding hydrogens is 345 g/mol. The van der Waals surface area contributed by atoms with Crippen molar-refractivity contribution in [3.8, 4) is 5.75 Å². The van der Waals surface area contributed by atoms with Crippen molar-refractivity contribution in [3.63, 3.8) is 0 Å². The number of hydrogen-bond donors (Lipinski definition) is 2. The lowest BCUT2D eigenvalue weighted by Gasteiger charge is -2.11. The molecule has 2 rings (SSSR count). The van der Waals surface area contributed by atoms with Gasteiger partial charge >= 0.3 is 6.18 Å². The lowest BCUT2D eigenvalue weighted by molar-refractivity contribution is -0.137. The number of nitrogens with two attached hydrogens (primary N) is 1. The van der Waals surface area contributed by atoms with Gasteiger partial charge in [0.05, 0.1) is 11.6 Å². The molecule has 0 aliphatic heterocycles. The van der Waals surface area contributed by atoms with Crippen molar-refractivity contribution in [3.05, 3.63) is 65.2 Å². The smallest absolute Gasteiger partial charge is 0.416 e. The predicted molar refractivity (Wildman–Crippen MR) is 92.3 cm³/mol. The van der Waals surface area contributed by atoms with Crippen molar-refractivity contribution < 1.29 is 22.7 Å². The summed E-state index contributed by atoms with van der Waals surface area (Å²) in [6, 6.07) is 11.5. The Labute approximate surface area is 150 Å². The molecule has 2 aromatic rings. The molecule has 7 heteroatoms. The molecule has 0 saturated heterocycles. The molecule has 0 aliphatic rings. The van der Waals surface area contributed by atoms with E-state index in [1.165, 1.54) is 6.07 Å². The molecule has 0 spiro atoms. The zero-order valence-electron chi connectivity index (χ0n) is 14.3. The van der Waals surface area contributed by atoms with Gasteiger partial charge in [-0.15, -0.1) is 0 Å². The molecule has 0 heterocycles. The number of nitrogens with one attached hydrogen (secondary N) is 1. The molecule has 1 atom stereocenters. The van der Waals surface area contributed by atoms with Crippen LogP contribution in [0.15, 0.2) is 48.5 Å². The van der Waals surface area contributed by atoms with Gasteiger partial charge in [0, 0.05) is 6.54 Å². The van der Waals surface area contributed by atoms with Crippen LogP contribution in [0.3, 0.4) is 0 Å². The Morgan fingerprint density at radius 2 is 1.85 bits per heavy atom. The molecule has 0 bridgehead atoms. The van der Waals surface area contributed by atoms with Crippen molar-refractivity contribution >= 4 is 5.91 Å². The second kappa shape index (κ2) is 8.71. The van der Waals surface area contributed by atoms with Crippen LogP contribution in [0, 0.1) is 0 Å².